The highest BCUT2D eigenvalue weighted by Crippen LogP contribution is 2.24. The van der Waals surface area contributed by atoms with Crippen LogP contribution in [0.3, 0.4) is 0 Å². The fourth-order valence-electron chi connectivity index (χ4n) is 2.96. The van der Waals surface area contributed by atoms with Crippen LogP contribution < -0.4 is 0 Å². The number of hydrogen-bond acceptors (Lipinski definition) is 7. The number of rotatable bonds is 4. The van der Waals surface area contributed by atoms with Crippen molar-refractivity contribution < 1.29 is 24.8 Å². The molecule has 124 valence electrons. The number of aliphatic hydroxyl groups is 3. The van der Waals surface area contributed by atoms with Crippen molar-refractivity contribution >= 4 is 0 Å². The van der Waals surface area contributed by atoms with Crippen LogP contribution in [0.5, 0.6) is 0 Å². The first-order valence-electron chi connectivity index (χ1n) is 7.83. The van der Waals surface area contributed by atoms with Gasteiger partial charge in [-0.1, -0.05) is 24.5 Å². The Morgan fingerprint density at radius 1 is 1.18 bits per heavy atom. The molecular formula is C14H23N3O5. The second-order valence-corrected chi connectivity index (χ2v) is 6.03. The molecule has 2 aliphatic rings. The third-order valence-electron chi connectivity index (χ3n) is 4.31. The Morgan fingerprint density at radius 3 is 2.73 bits per heavy atom. The molecule has 1 aromatic heterocycles. The van der Waals surface area contributed by atoms with Crippen molar-refractivity contribution in [2.24, 2.45) is 0 Å². The molecule has 2 fully saturated rings. The smallest absolute Gasteiger partial charge is 0.180 e. The lowest BCUT2D eigenvalue weighted by Gasteiger charge is -2.34. The summed E-state index contributed by atoms with van der Waals surface area (Å²) in [7, 11) is 0. The molecule has 0 spiro atoms. The molecule has 2 heterocycles. The van der Waals surface area contributed by atoms with Gasteiger partial charge in [-0.15, -0.1) is 5.10 Å². The Labute approximate surface area is 128 Å². The number of nitrogens with zero attached hydrogens (tertiary/aromatic N) is 3. The van der Waals surface area contributed by atoms with E-state index in [1.54, 1.807) is 6.20 Å². The molecule has 1 saturated carbocycles. The highest BCUT2D eigenvalue weighted by Gasteiger charge is 2.39. The van der Waals surface area contributed by atoms with Crippen LogP contribution in [0.15, 0.2) is 6.20 Å². The monoisotopic (exact) mass is 313 g/mol. The summed E-state index contributed by atoms with van der Waals surface area (Å²) in [6, 6.07) is 0. The predicted molar refractivity (Wildman–Crippen MR) is 74.7 cm³/mol. The Balaban J connectivity index is 1.56. The van der Waals surface area contributed by atoms with Crippen LogP contribution in [0, 0.1) is 0 Å². The minimum absolute atomic E-state index is 0.0589. The minimum atomic E-state index is -1.26. The highest BCUT2D eigenvalue weighted by atomic mass is 16.5. The van der Waals surface area contributed by atoms with Gasteiger partial charge in [-0.05, 0) is 12.8 Å². The van der Waals surface area contributed by atoms with E-state index < -0.39 is 24.5 Å². The largest absolute Gasteiger partial charge is 0.388 e. The van der Waals surface area contributed by atoms with E-state index in [0.717, 1.165) is 12.8 Å². The summed E-state index contributed by atoms with van der Waals surface area (Å²) in [6.07, 6.45) is 3.33. The summed E-state index contributed by atoms with van der Waals surface area (Å²) in [5, 5.41) is 37.0. The van der Waals surface area contributed by atoms with Crippen molar-refractivity contribution in [1.82, 2.24) is 15.0 Å². The molecule has 0 aromatic carbocycles. The zero-order valence-electron chi connectivity index (χ0n) is 12.4. The van der Waals surface area contributed by atoms with Crippen molar-refractivity contribution in [3.05, 3.63) is 11.9 Å². The summed E-state index contributed by atoms with van der Waals surface area (Å²) < 4.78 is 12.5. The van der Waals surface area contributed by atoms with Crippen molar-refractivity contribution in [2.75, 3.05) is 6.61 Å². The summed E-state index contributed by atoms with van der Waals surface area (Å²) in [5.41, 5.74) is 0.655. The molecule has 0 bridgehead atoms. The molecule has 22 heavy (non-hydrogen) atoms. The Morgan fingerprint density at radius 2 is 1.95 bits per heavy atom. The lowest BCUT2D eigenvalue weighted by Crippen LogP contribution is -2.50. The van der Waals surface area contributed by atoms with Crippen LogP contribution >= 0.6 is 0 Å². The summed E-state index contributed by atoms with van der Waals surface area (Å²) in [4.78, 5) is 0. The topological polar surface area (TPSA) is 110 Å². The van der Waals surface area contributed by atoms with Crippen molar-refractivity contribution in [3.63, 3.8) is 0 Å². The number of ether oxygens (including phenoxy) is 2. The molecule has 8 heteroatoms. The van der Waals surface area contributed by atoms with Gasteiger partial charge in [0.15, 0.2) is 6.23 Å². The summed E-state index contributed by atoms with van der Waals surface area (Å²) in [5.74, 6) is 0. The standard InChI is InChI=1S/C14H23N3O5/c18-11-8-22-14(13(20)12(11)19)17-6-9(15-16-17)7-21-10-4-2-1-3-5-10/h6,10-14,18-20H,1-5,7-8H2/t11-,12+,13-,14-/m1/s1. The Hall–Kier alpha value is -1.06. The number of aromatic nitrogens is 3. The SMILES string of the molecule is O[C@@H]1[C@@H](O)[C@H](n2cc(COC3CCCCC3)nn2)OC[C@H]1O. The van der Waals surface area contributed by atoms with Gasteiger partial charge >= 0.3 is 0 Å². The second-order valence-electron chi connectivity index (χ2n) is 6.03. The normalized spacial score (nSPS) is 34.0. The Bertz CT molecular complexity index is 477. The predicted octanol–water partition coefficient (Wildman–Crippen LogP) is -0.261. The van der Waals surface area contributed by atoms with E-state index in [-0.39, 0.29) is 12.7 Å². The molecule has 3 rings (SSSR count). The van der Waals surface area contributed by atoms with Gasteiger partial charge in [0.05, 0.1) is 25.5 Å². The molecule has 1 aliphatic carbocycles. The van der Waals surface area contributed by atoms with Gasteiger partial charge in [0.1, 0.15) is 24.0 Å². The van der Waals surface area contributed by atoms with Crippen LogP contribution in [0.25, 0.3) is 0 Å². The van der Waals surface area contributed by atoms with Gasteiger partial charge < -0.3 is 24.8 Å². The maximum Gasteiger partial charge on any atom is 0.180 e. The van der Waals surface area contributed by atoms with E-state index in [2.05, 4.69) is 10.3 Å². The molecular weight excluding hydrogens is 290 g/mol. The van der Waals surface area contributed by atoms with Gasteiger partial charge in [0.25, 0.3) is 0 Å². The molecule has 8 nitrogen and oxygen atoms in total. The van der Waals surface area contributed by atoms with Crippen LogP contribution in [0.2, 0.25) is 0 Å². The Kier molecular flexibility index (Phi) is 5.04. The molecule has 3 N–H and O–H groups in total. The second kappa shape index (κ2) is 7.01. The maximum absolute atomic E-state index is 9.95. The third kappa shape index (κ3) is 3.47. The van der Waals surface area contributed by atoms with E-state index >= 15 is 0 Å². The molecule has 4 atom stereocenters. The highest BCUT2D eigenvalue weighted by molar-refractivity contribution is 4.93. The fourth-order valence-corrected chi connectivity index (χ4v) is 2.96. The lowest BCUT2D eigenvalue weighted by molar-refractivity contribution is -0.214. The van der Waals surface area contributed by atoms with Crippen molar-refractivity contribution in [1.29, 1.82) is 0 Å². The first kappa shape index (κ1) is 15.8. The first-order chi connectivity index (χ1) is 10.6. The van der Waals surface area contributed by atoms with E-state index in [9.17, 15) is 15.3 Å². The summed E-state index contributed by atoms with van der Waals surface area (Å²) >= 11 is 0. The molecule has 1 aromatic rings. The average molecular weight is 313 g/mol. The van der Waals surface area contributed by atoms with Gasteiger partial charge in [-0.2, -0.15) is 0 Å². The zero-order chi connectivity index (χ0) is 15.5. The molecule has 0 amide bonds. The molecule has 1 aliphatic heterocycles. The van der Waals surface area contributed by atoms with Gasteiger partial charge in [-0.3, -0.25) is 0 Å². The first-order valence-corrected chi connectivity index (χ1v) is 7.83. The van der Waals surface area contributed by atoms with E-state index in [1.165, 1.54) is 23.9 Å². The van der Waals surface area contributed by atoms with Crippen LogP contribution in [0.1, 0.15) is 44.0 Å². The lowest BCUT2D eigenvalue weighted by atomic mass is 9.98. The molecule has 0 radical (unpaired) electrons. The number of aliphatic hydroxyl groups excluding tert-OH is 3. The molecule has 1 saturated heterocycles. The van der Waals surface area contributed by atoms with Crippen molar-refractivity contribution in [2.45, 2.75) is 69.4 Å². The van der Waals surface area contributed by atoms with Gasteiger partial charge in [0, 0.05) is 0 Å². The summed E-state index contributed by atoms with van der Waals surface area (Å²) in [6.45, 7) is 0.315. The van der Waals surface area contributed by atoms with Crippen LogP contribution in [-0.4, -0.2) is 61.3 Å². The van der Waals surface area contributed by atoms with Gasteiger partial charge in [0.2, 0.25) is 0 Å². The third-order valence-corrected chi connectivity index (χ3v) is 4.31. The zero-order valence-corrected chi connectivity index (χ0v) is 12.4. The van der Waals surface area contributed by atoms with E-state index in [1.807, 2.05) is 0 Å². The van der Waals surface area contributed by atoms with E-state index in [4.69, 9.17) is 9.47 Å². The van der Waals surface area contributed by atoms with Crippen molar-refractivity contribution in [3.8, 4) is 0 Å². The maximum atomic E-state index is 9.95. The fraction of sp³-hybridized carbons (Fsp3) is 0.857. The van der Waals surface area contributed by atoms with Crippen LogP contribution in [-0.2, 0) is 16.1 Å². The van der Waals surface area contributed by atoms with Gasteiger partial charge in [-0.25, -0.2) is 4.68 Å². The quantitative estimate of drug-likeness (QED) is 0.702. The average Bonchev–Trinajstić information content (AvgIpc) is 3.00. The van der Waals surface area contributed by atoms with E-state index in [0.29, 0.717) is 12.3 Å². The molecule has 0 unspecified atom stereocenters. The van der Waals surface area contributed by atoms with Crippen LogP contribution in [0.4, 0.5) is 0 Å². The number of hydrogen-bond donors (Lipinski definition) is 3. The minimum Gasteiger partial charge on any atom is -0.388 e.